The molecule has 2 heteroatoms. The average molecular weight is 226 g/mol. The highest BCUT2D eigenvalue weighted by Crippen LogP contribution is 2.38. The minimum atomic E-state index is 0.612. The SMILES string of the molecule is CCC1(CC)CCN(C(CNC)C(C)C)C1. The first-order valence-electron chi connectivity index (χ1n) is 6.97. The number of likely N-dealkylation sites (tertiary alicyclic amines) is 1. The lowest BCUT2D eigenvalue weighted by atomic mass is 9.82. The molecule has 1 rings (SSSR count). The Labute approximate surface area is 102 Å². The van der Waals surface area contributed by atoms with Gasteiger partial charge in [0, 0.05) is 19.1 Å². The van der Waals surface area contributed by atoms with Crippen LogP contribution in [0.15, 0.2) is 0 Å². The van der Waals surface area contributed by atoms with Gasteiger partial charge in [0.2, 0.25) is 0 Å². The van der Waals surface area contributed by atoms with E-state index in [1.54, 1.807) is 0 Å². The number of rotatable bonds is 6. The number of hydrogen-bond donors (Lipinski definition) is 1. The summed E-state index contributed by atoms with van der Waals surface area (Å²) in [6.07, 6.45) is 4.07. The van der Waals surface area contributed by atoms with E-state index >= 15 is 0 Å². The maximum atomic E-state index is 3.35. The predicted molar refractivity (Wildman–Crippen MR) is 71.8 cm³/mol. The summed E-state index contributed by atoms with van der Waals surface area (Å²) in [5.74, 6) is 0.747. The van der Waals surface area contributed by atoms with Crippen LogP contribution < -0.4 is 5.32 Å². The quantitative estimate of drug-likeness (QED) is 0.749. The lowest BCUT2D eigenvalue weighted by Crippen LogP contribution is -2.44. The van der Waals surface area contributed by atoms with E-state index in [-0.39, 0.29) is 0 Å². The molecular formula is C14H30N2. The summed E-state index contributed by atoms with van der Waals surface area (Å²) in [6.45, 7) is 13.1. The molecule has 1 saturated heterocycles. The molecule has 0 aromatic heterocycles. The highest BCUT2D eigenvalue weighted by Gasteiger charge is 2.38. The minimum Gasteiger partial charge on any atom is -0.318 e. The molecule has 96 valence electrons. The van der Waals surface area contributed by atoms with E-state index in [4.69, 9.17) is 0 Å². The van der Waals surface area contributed by atoms with Crippen LogP contribution in [0.5, 0.6) is 0 Å². The van der Waals surface area contributed by atoms with Gasteiger partial charge in [-0.3, -0.25) is 4.90 Å². The third kappa shape index (κ3) is 2.98. The van der Waals surface area contributed by atoms with Gasteiger partial charge in [-0.1, -0.05) is 27.7 Å². The van der Waals surface area contributed by atoms with E-state index in [9.17, 15) is 0 Å². The largest absolute Gasteiger partial charge is 0.318 e. The molecular weight excluding hydrogens is 196 g/mol. The van der Waals surface area contributed by atoms with Gasteiger partial charge < -0.3 is 5.32 Å². The highest BCUT2D eigenvalue weighted by molar-refractivity contribution is 4.92. The van der Waals surface area contributed by atoms with Gasteiger partial charge in [-0.25, -0.2) is 0 Å². The van der Waals surface area contributed by atoms with Crippen molar-refractivity contribution in [3.8, 4) is 0 Å². The molecule has 0 aromatic carbocycles. The van der Waals surface area contributed by atoms with E-state index in [0.717, 1.165) is 12.5 Å². The van der Waals surface area contributed by atoms with Gasteiger partial charge in [-0.2, -0.15) is 0 Å². The Morgan fingerprint density at radius 3 is 2.25 bits per heavy atom. The Bertz CT molecular complexity index is 197. The maximum Gasteiger partial charge on any atom is 0.0243 e. The van der Waals surface area contributed by atoms with Gasteiger partial charge in [0.25, 0.3) is 0 Å². The average Bonchev–Trinajstić information content (AvgIpc) is 2.70. The van der Waals surface area contributed by atoms with Gasteiger partial charge in [-0.15, -0.1) is 0 Å². The lowest BCUT2D eigenvalue weighted by molar-refractivity contribution is 0.158. The second-order valence-electron chi connectivity index (χ2n) is 5.80. The van der Waals surface area contributed by atoms with E-state index in [1.165, 1.54) is 32.4 Å². The fourth-order valence-corrected chi connectivity index (χ4v) is 3.08. The first-order valence-corrected chi connectivity index (χ1v) is 6.97. The number of nitrogens with one attached hydrogen (secondary N) is 1. The molecule has 1 aliphatic heterocycles. The van der Waals surface area contributed by atoms with Crippen LogP contribution in [0.1, 0.15) is 47.0 Å². The fraction of sp³-hybridized carbons (Fsp3) is 1.00. The van der Waals surface area contributed by atoms with Crippen molar-refractivity contribution in [1.82, 2.24) is 10.2 Å². The molecule has 1 aliphatic rings. The smallest absolute Gasteiger partial charge is 0.0243 e. The third-order valence-corrected chi connectivity index (χ3v) is 4.62. The van der Waals surface area contributed by atoms with Crippen molar-refractivity contribution in [2.45, 2.75) is 53.0 Å². The van der Waals surface area contributed by atoms with E-state index in [2.05, 4.69) is 45.0 Å². The molecule has 0 radical (unpaired) electrons. The number of likely N-dealkylation sites (N-methyl/N-ethyl adjacent to an activating group) is 1. The van der Waals surface area contributed by atoms with E-state index in [1.807, 2.05) is 0 Å². The predicted octanol–water partition coefficient (Wildman–Crippen LogP) is 2.74. The zero-order valence-electron chi connectivity index (χ0n) is 11.8. The van der Waals surface area contributed by atoms with E-state index in [0.29, 0.717) is 11.5 Å². The highest BCUT2D eigenvalue weighted by atomic mass is 15.2. The van der Waals surface area contributed by atoms with Crippen molar-refractivity contribution in [1.29, 1.82) is 0 Å². The van der Waals surface area contributed by atoms with Gasteiger partial charge in [0.15, 0.2) is 0 Å². The lowest BCUT2D eigenvalue weighted by Gasteiger charge is -2.33. The van der Waals surface area contributed by atoms with Crippen LogP contribution in [-0.4, -0.2) is 37.6 Å². The zero-order chi connectivity index (χ0) is 12.2. The first kappa shape index (κ1) is 14.0. The Morgan fingerprint density at radius 2 is 1.88 bits per heavy atom. The van der Waals surface area contributed by atoms with Crippen molar-refractivity contribution >= 4 is 0 Å². The van der Waals surface area contributed by atoms with Crippen molar-refractivity contribution in [3.05, 3.63) is 0 Å². The van der Waals surface area contributed by atoms with Crippen LogP contribution in [0.25, 0.3) is 0 Å². The van der Waals surface area contributed by atoms with Crippen molar-refractivity contribution < 1.29 is 0 Å². The van der Waals surface area contributed by atoms with Crippen LogP contribution in [0.2, 0.25) is 0 Å². The summed E-state index contributed by atoms with van der Waals surface area (Å²) in [5, 5.41) is 3.35. The fourth-order valence-electron chi connectivity index (χ4n) is 3.08. The summed E-state index contributed by atoms with van der Waals surface area (Å²) in [7, 11) is 2.07. The molecule has 0 aliphatic carbocycles. The normalized spacial score (nSPS) is 22.9. The van der Waals surface area contributed by atoms with Crippen LogP contribution in [0, 0.1) is 11.3 Å². The first-order chi connectivity index (χ1) is 7.58. The molecule has 0 spiro atoms. The molecule has 1 N–H and O–H groups in total. The van der Waals surface area contributed by atoms with Crippen LogP contribution in [0.4, 0.5) is 0 Å². The number of hydrogen-bond acceptors (Lipinski definition) is 2. The Balaban J connectivity index is 2.61. The summed E-state index contributed by atoms with van der Waals surface area (Å²) < 4.78 is 0. The monoisotopic (exact) mass is 226 g/mol. The van der Waals surface area contributed by atoms with Gasteiger partial charge >= 0.3 is 0 Å². The molecule has 0 aromatic rings. The van der Waals surface area contributed by atoms with Crippen molar-refractivity contribution in [3.63, 3.8) is 0 Å². The third-order valence-electron chi connectivity index (χ3n) is 4.62. The van der Waals surface area contributed by atoms with Gasteiger partial charge in [-0.05, 0) is 44.2 Å². The van der Waals surface area contributed by atoms with Crippen LogP contribution in [0.3, 0.4) is 0 Å². The second-order valence-corrected chi connectivity index (χ2v) is 5.80. The summed E-state index contributed by atoms with van der Waals surface area (Å²) in [6, 6.07) is 0.713. The summed E-state index contributed by atoms with van der Waals surface area (Å²) in [4.78, 5) is 2.72. The standard InChI is InChI=1S/C14H30N2/c1-6-14(7-2)8-9-16(11-14)13(10-15-5)12(3)4/h12-13,15H,6-11H2,1-5H3. The molecule has 1 unspecified atom stereocenters. The van der Waals surface area contributed by atoms with Crippen molar-refractivity contribution in [2.75, 3.05) is 26.7 Å². The van der Waals surface area contributed by atoms with Crippen molar-refractivity contribution in [2.24, 2.45) is 11.3 Å². The summed E-state index contributed by atoms with van der Waals surface area (Å²) >= 11 is 0. The topological polar surface area (TPSA) is 15.3 Å². The second kappa shape index (κ2) is 6.02. The van der Waals surface area contributed by atoms with E-state index < -0.39 is 0 Å². The molecule has 0 amide bonds. The zero-order valence-corrected chi connectivity index (χ0v) is 11.8. The van der Waals surface area contributed by atoms with Gasteiger partial charge in [0.1, 0.15) is 0 Å². The van der Waals surface area contributed by atoms with Crippen LogP contribution >= 0.6 is 0 Å². The molecule has 0 bridgehead atoms. The Hall–Kier alpha value is -0.0800. The molecule has 0 saturated carbocycles. The maximum absolute atomic E-state index is 3.35. The minimum absolute atomic E-state index is 0.612. The van der Waals surface area contributed by atoms with Gasteiger partial charge in [0.05, 0.1) is 0 Å². The van der Waals surface area contributed by atoms with Crippen LogP contribution in [-0.2, 0) is 0 Å². The number of nitrogens with zero attached hydrogens (tertiary/aromatic N) is 1. The molecule has 1 atom stereocenters. The molecule has 16 heavy (non-hydrogen) atoms. The molecule has 1 heterocycles. The molecule has 1 fully saturated rings. The molecule has 2 nitrogen and oxygen atoms in total. The summed E-state index contributed by atoms with van der Waals surface area (Å²) in [5.41, 5.74) is 0.612. The Morgan fingerprint density at radius 1 is 1.25 bits per heavy atom. The Kier molecular flexibility index (Phi) is 5.26.